The van der Waals surface area contributed by atoms with Gasteiger partial charge in [-0.2, -0.15) is 0 Å². The molecule has 42 heavy (non-hydrogen) atoms. The van der Waals surface area contributed by atoms with Crippen molar-refractivity contribution < 1.29 is 28.7 Å². The van der Waals surface area contributed by atoms with Crippen molar-refractivity contribution in [2.45, 2.75) is 0 Å². The molecule has 2 amide bonds. The maximum Gasteiger partial charge on any atom is 0.409 e. The van der Waals surface area contributed by atoms with Crippen LogP contribution in [0.15, 0.2) is 72.9 Å². The molecule has 0 saturated carbocycles. The van der Waals surface area contributed by atoms with Crippen molar-refractivity contribution in [1.82, 2.24) is 15.2 Å². The van der Waals surface area contributed by atoms with E-state index in [1.807, 2.05) is 24.3 Å². The molecule has 1 saturated heterocycles. The summed E-state index contributed by atoms with van der Waals surface area (Å²) in [6, 6.07) is 19.3. The molecule has 0 radical (unpaired) electrons. The summed E-state index contributed by atoms with van der Waals surface area (Å²) in [5.41, 5.74) is 1.51. The molecule has 2 heterocycles. The number of hydrogen-bond donors (Lipinski definition) is 4. The van der Waals surface area contributed by atoms with E-state index in [-0.39, 0.29) is 5.91 Å². The first kappa shape index (κ1) is 29.0. The molecule has 4 N–H and O–H groups in total. The van der Waals surface area contributed by atoms with Crippen LogP contribution in [0, 0.1) is 0 Å². The molecular weight excluding hydrogens is 558 g/mol. The number of benzene rings is 3. The molecule has 0 atom stereocenters. The number of ether oxygens (including phenoxy) is 2. The molecule has 0 spiro atoms. The number of carbonyl (C=O) groups excluding carboxylic acids is 1. The summed E-state index contributed by atoms with van der Waals surface area (Å²) in [5, 5.41) is 19.2. The number of fused-ring (bicyclic) bond motifs is 1. The van der Waals surface area contributed by atoms with Crippen molar-refractivity contribution in [2.24, 2.45) is 0 Å². The van der Waals surface area contributed by atoms with Crippen molar-refractivity contribution in [3.05, 3.63) is 78.5 Å². The number of amides is 2. The standard InChI is InChI=1S/C30H31N5O6S/c1-40-23-17-20(29(36)32-10-11-35-12-14-42(39)15-13-35)16-21(18-23)33-28-19-22(8-9-31-28)41-27-7-6-26(34-30(37)38)24-4-2-3-5-25(24)27/h2-9,16-19,34H,10-15H2,1H3,(H,31,33)(H,32,36)(H,37,38). The minimum atomic E-state index is -1.14. The van der Waals surface area contributed by atoms with Crippen LogP contribution in [0.3, 0.4) is 0 Å². The number of anilines is 3. The van der Waals surface area contributed by atoms with Crippen molar-refractivity contribution in [1.29, 1.82) is 0 Å². The summed E-state index contributed by atoms with van der Waals surface area (Å²) in [5.74, 6) is 3.19. The van der Waals surface area contributed by atoms with Crippen LogP contribution in [0.2, 0.25) is 0 Å². The third-order valence-electron chi connectivity index (χ3n) is 6.75. The molecule has 3 aromatic carbocycles. The Labute approximate surface area is 246 Å². The highest BCUT2D eigenvalue weighted by atomic mass is 32.2. The topological polar surface area (TPSA) is 148 Å². The fourth-order valence-corrected chi connectivity index (χ4v) is 5.78. The average Bonchev–Trinajstić information content (AvgIpc) is 2.99. The predicted molar refractivity (Wildman–Crippen MR) is 163 cm³/mol. The van der Waals surface area contributed by atoms with E-state index in [2.05, 4.69) is 25.8 Å². The molecular formula is C30H31N5O6S. The van der Waals surface area contributed by atoms with Crippen LogP contribution in [0.1, 0.15) is 10.4 Å². The largest absolute Gasteiger partial charge is 0.616 e. The van der Waals surface area contributed by atoms with Crippen LogP contribution >= 0.6 is 0 Å². The Kier molecular flexibility index (Phi) is 9.27. The first-order valence-electron chi connectivity index (χ1n) is 13.3. The van der Waals surface area contributed by atoms with Crippen LogP contribution in [0.25, 0.3) is 10.8 Å². The van der Waals surface area contributed by atoms with E-state index in [9.17, 15) is 14.1 Å². The van der Waals surface area contributed by atoms with E-state index in [1.165, 1.54) is 7.11 Å². The maximum atomic E-state index is 12.9. The highest BCUT2D eigenvalue weighted by molar-refractivity contribution is 7.91. The molecule has 1 aromatic heterocycles. The Morgan fingerprint density at radius 1 is 1.02 bits per heavy atom. The summed E-state index contributed by atoms with van der Waals surface area (Å²) in [6.45, 7) is 2.72. The van der Waals surface area contributed by atoms with E-state index in [0.717, 1.165) is 18.5 Å². The van der Waals surface area contributed by atoms with Gasteiger partial charge in [-0.1, -0.05) is 35.4 Å². The SMILES string of the molecule is COc1cc(Nc2cc(Oc3ccc(NC(=O)O)c4ccccc34)ccn2)cc(C(=O)NCCN2CC[S+]([O-])CC2)c1. The van der Waals surface area contributed by atoms with E-state index in [1.54, 1.807) is 48.7 Å². The zero-order chi connectivity index (χ0) is 29.5. The monoisotopic (exact) mass is 589 g/mol. The minimum absolute atomic E-state index is 0.227. The lowest BCUT2D eigenvalue weighted by Gasteiger charge is -2.27. The second kappa shape index (κ2) is 13.4. The van der Waals surface area contributed by atoms with Gasteiger partial charge in [-0.25, -0.2) is 9.78 Å². The predicted octanol–water partition coefficient (Wildman–Crippen LogP) is 4.66. The van der Waals surface area contributed by atoms with E-state index in [0.29, 0.717) is 70.0 Å². The maximum absolute atomic E-state index is 12.9. The van der Waals surface area contributed by atoms with E-state index >= 15 is 0 Å². The highest BCUT2D eigenvalue weighted by Crippen LogP contribution is 2.35. The molecule has 12 heteroatoms. The van der Waals surface area contributed by atoms with Crippen molar-refractivity contribution in [3.8, 4) is 17.2 Å². The van der Waals surface area contributed by atoms with Gasteiger partial charge in [-0.3, -0.25) is 15.0 Å². The Morgan fingerprint density at radius 3 is 2.57 bits per heavy atom. The molecule has 0 aliphatic carbocycles. The second-order valence-corrected chi connectivity index (χ2v) is 11.3. The fourth-order valence-electron chi connectivity index (χ4n) is 4.65. The highest BCUT2D eigenvalue weighted by Gasteiger charge is 2.19. The Balaban J connectivity index is 1.28. The zero-order valence-electron chi connectivity index (χ0n) is 23.0. The summed E-state index contributed by atoms with van der Waals surface area (Å²) in [6.07, 6.45) is 0.457. The Hall–Kier alpha value is -4.52. The summed E-state index contributed by atoms with van der Waals surface area (Å²) in [7, 11) is 1.54. The average molecular weight is 590 g/mol. The quantitative estimate of drug-likeness (QED) is 0.194. The number of nitrogens with zero attached hydrogens (tertiary/aromatic N) is 2. The third-order valence-corrected chi connectivity index (χ3v) is 8.02. The van der Waals surface area contributed by atoms with Crippen molar-refractivity contribution >= 4 is 51.1 Å². The number of carbonyl (C=O) groups is 2. The number of carboxylic acid groups (broad SMARTS) is 1. The first-order valence-corrected chi connectivity index (χ1v) is 14.8. The summed E-state index contributed by atoms with van der Waals surface area (Å²) in [4.78, 5) is 30.7. The van der Waals surface area contributed by atoms with Crippen LogP contribution in [-0.4, -0.2) is 76.3 Å². The van der Waals surface area contributed by atoms with Gasteiger partial charge >= 0.3 is 6.09 Å². The van der Waals surface area contributed by atoms with Gasteiger partial charge in [0.05, 0.1) is 12.8 Å². The molecule has 218 valence electrons. The number of hydrogen-bond acceptors (Lipinski definition) is 8. The van der Waals surface area contributed by atoms with Gasteiger partial charge in [-0.15, -0.1) is 0 Å². The van der Waals surface area contributed by atoms with Gasteiger partial charge in [0.15, 0.2) is 0 Å². The number of nitrogens with one attached hydrogen (secondary N) is 3. The van der Waals surface area contributed by atoms with Crippen LogP contribution < -0.4 is 25.4 Å². The van der Waals surface area contributed by atoms with Crippen LogP contribution in [0.5, 0.6) is 17.2 Å². The summed E-state index contributed by atoms with van der Waals surface area (Å²) < 4.78 is 23.2. The zero-order valence-corrected chi connectivity index (χ0v) is 23.8. The van der Waals surface area contributed by atoms with Gasteiger partial charge in [0.1, 0.15) is 34.6 Å². The van der Waals surface area contributed by atoms with Gasteiger partial charge in [-0.05, 0) is 30.3 Å². The molecule has 11 nitrogen and oxygen atoms in total. The smallest absolute Gasteiger partial charge is 0.409 e. The van der Waals surface area contributed by atoms with Crippen molar-refractivity contribution in [3.63, 3.8) is 0 Å². The Bertz CT molecular complexity index is 1580. The minimum Gasteiger partial charge on any atom is -0.616 e. The van der Waals surface area contributed by atoms with Crippen LogP contribution in [-0.2, 0) is 11.2 Å². The molecule has 1 fully saturated rings. The fraction of sp³-hybridized carbons (Fsp3) is 0.233. The normalized spacial score (nSPS) is 13.9. The summed E-state index contributed by atoms with van der Waals surface area (Å²) >= 11 is -0.732. The van der Waals surface area contributed by atoms with E-state index < -0.39 is 17.3 Å². The lowest BCUT2D eigenvalue weighted by molar-refractivity contribution is 0.0948. The number of rotatable bonds is 10. The van der Waals surface area contributed by atoms with Crippen molar-refractivity contribution in [2.75, 3.05) is 55.4 Å². The van der Waals surface area contributed by atoms with Crippen LogP contribution in [0.4, 0.5) is 22.0 Å². The lowest BCUT2D eigenvalue weighted by Crippen LogP contribution is -2.43. The molecule has 0 bridgehead atoms. The Morgan fingerprint density at radius 2 is 1.81 bits per heavy atom. The second-order valence-electron chi connectivity index (χ2n) is 9.59. The first-order chi connectivity index (χ1) is 20.4. The molecule has 0 unspecified atom stereocenters. The number of pyridine rings is 1. The number of methoxy groups -OCH3 is 1. The van der Waals surface area contributed by atoms with Gasteiger partial charge < -0.3 is 29.8 Å². The number of aromatic nitrogens is 1. The van der Waals surface area contributed by atoms with Gasteiger partial charge in [0.25, 0.3) is 5.91 Å². The molecule has 1 aliphatic rings. The van der Waals surface area contributed by atoms with Gasteiger partial charge in [0, 0.05) is 66.5 Å². The van der Waals surface area contributed by atoms with E-state index in [4.69, 9.17) is 14.6 Å². The molecule has 1 aliphatic heterocycles. The lowest BCUT2D eigenvalue weighted by atomic mass is 10.1. The molecule has 4 aromatic rings. The molecule has 5 rings (SSSR count). The van der Waals surface area contributed by atoms with Gasteiger partial charge in [0.2, 0.25) is 0 Å². The third kappa shape index (κ3) is 7.40.